The number of aliphatic hydroxyl groups is 1. The average Bonchev–Trinajstić information content (AvgIpc) is 0.923. The zero-order valence-electron chi connectivity index (χ0n) is 65.0. The molecule has 5 atom stereocenters. The van der Waals surface area contributed by atoms with E-state index in [1.54, 1.807) is 0 Å². The Labute approximate surface area is 622 Å². The van der Waals surface area contributed by atoms with Gasteiger partial charge in [0.1, 0.15) is 19.3 Å². The fourth-order valence-corrected chi connectivity index (χ4v) is 12.9. The fraction of sp³-hybridized carbons (Fsp3) is 0.807. The molecule has 0 aliphatic heterocycles. The number of carbonyl (C=O) groups is 4. The molecule has 0 amide bonds. The summed E-state index contributed by atoms with van der Waals surface area (Å²) in [6.07, 6.45) is 77.3. The molecule has 0 bridgehead atoms. The van der Waals surface area contributed by atoms with Gasteiger partial charge >= 0.3 is 39.5 Å². The number of rotatable bonds is 78. The molecular formula is C83H150O17P2. The van der Waals surface area contributed by atoms with Gasteiger partial charge in [-0.1, -0.05) is 325 Å². The van der Waals surface area contributed by atoms with Gasteiger partial charge in [-0.3, -0.25) is 37.3 Å². The van der Waals surface area contributed by atoms with E-state index in [0.29, 0.717) is 32.1 Å². The third-order valence-electron chi connectivity index (χ3n) is 17.7. The Morgan fingerprint density at radius 3 is 0.794 bits per heavy atom. The van der Waals surface area contributed by atoms with Crippen molar-refractivity contribution in [2.24, 2.45) is 0 Å². The van der Waals surface area contributed by atoms with E-state index in [1.165, 1.54) is 167 Å². The molecule has 0 saturated heterocycles. The minimum atomic E-state index is -4.98. The van der Waals surface area contributed by atoms with Crippen LogP contribution in [0, 0.1) is 0 Å². The van der Waals surface area contributed by atoms with Crippen molar-refractivity contribution in [1.29, 1.82) is 0 Å². The van der Waals surface area contributed by atoms with Gasteiger partial charge in [0.25, 0.3) is 0 Å². The van der Waals surface area contributed by atoms with Crippen LogP contribution in [0.4, 0.5) is 0 Å². The summed E-state index contributed by atoms with van der Waals surface area (Å²) in [6.45, 7) is 4.83. The summed E-state index contributed by atoms with van der Waals surface area (Å²) in [5.74, 6) is -2.22. The summed E-state index contributed by atoms with van der Waals surface area (Å²) in [6, 6.07) is 0. The topological polar surface area (TPSA) is 237 Å². The Hall–Kier alpha value is -3.50. The molecule has 0 aliphatic carbocycles. The number of carbonyl (C=O) groups excluding carboxylic acids is 4. The zero-order valence-corrected chi connectivity index (χ0v) is 66.8. The van der Waals surface area contributed by atoms with Crippen molar-refractivity contribution in [3.63, 3.8) is 0 Å². The molecule has 0 radical (unpaired) electrons. The van der Waals surface area contributed by atoms with Crippen LogP contribution in [0.15, 0.2) is 72.9 Å². The smallest absolute Gasteiger partial charge is 0.462 e. The number of phosphoric acid groups is 2. The normalized spacial score (nSPS) is 14.2. The molecule has 0 rings (SSSR count). The predicted molar refractivity (Wildman–Crippen MR) is 418 cm³/mol. The maximum Gasteiger partial charge on any atom is 0.472 e. The van der Waals surface area contributed by atoms with E-state index in [-0.39, 0.29) is 25.7 Å². The Kier molecular flexibility index (Phi) is 73.1. The number of allylic oxidation sites excluding steroid dienone is 12. The van der Waals surface area contributed by atoms with Gasteiger partial charge in [-0.25, -0.2) is 9.13 Å². The van der Waals surface area contributed by atoms with Crippen LogP contribution in [0.25, 0.3) is 0 Å². The molecule has 102 heavy (non-hydrogen) atoms. The monoisotopic (exact) mass is 1480 g/mol. The van der Waals surface area contributed by atoms with Crippen LogP contribution in [0.3, 0.4) is 0 Å². The maximum absolute atomic E-state index is 13.1. The number of hydrogen-bond donors (Lipinski definition) is 3. The lowest BCUT2D eigenvalue weighted by Crippen LogP contribution is -2.30. The summed E-state index contributed by atoms with van der Waals surface area (Å²) < 4.78 is 68.6. The molecule has 0 aromatic carbocycles. The molecule has 17 nitrogen and oxygen atoms in total. The van der Waals surface area contributed by atoms with Gasteiger partial charge in [0.2, 0.25) is 0 Å². The van der Waals surface area contributed by atoms with E-state index < -0.39 is 97.5 Å². The standard InChI is InChI=1S/C83H150O17P2/c1-5-9-13-17-21-25-29-33-37-38-42-44-48-52-56-60-64-68-81(86)94-74-79(100-83(88)70-66-62-58-54-50-46-41-36-32-28-24-20-16-12-8-4)76-98-102(91,92)96-72-77(84)71-95-101(89,90)97-75-78(99-82(87)69-65-61-57-53-49-45-40-35-31-27-23-19-15-11-7-3)73-93-80(85)67-63-59-55-51-47-43-39-34-30-26-22-18-14-10-6-2/h21-22,25-26,33-34,37,39,42,44,52,56,77-79,84H,5-20,23-24,27-32,35-36,38,40-41,43,45-51,53-55,57-76H2,1-4H3,(H,89,90)(H,91,92)/b25-21-,26-22-,37-33-,39-34-,44-42-,56-52-/t77-,78+,79+/m0/s1. The average molecular weight is 1480 g/mol. The first-order chi connectivity index (χ1) is 49.7. The van der Waals surface area contributed by atoms with Crippen molar-refractivity contribution in [2.45, 2.75) is 393 Å². The van der Waals surface area contributed by atoms with Gasteiger partial charge in [0.15, 0.2) is 12.2 Å². The minimum absolute atomic E-state index is 0.0890. The quantitative estimate of drug-likeness (QED) is 0.0169. The number of aliphatic hydroxyl groups excluding tert-OH is 1. The summed E-state index contributed by atoms with van der Waals surface area (Å²) >= 11 is 0. The van der Waals surface area contributed by atoms with Gasteiger partial charge in [0.05, 0.1) is 26.4 Å². The molecule has 0 spiro atoms. The summed E-state index contributed by atoms with van der Waals surface area (Å²) in [7, 11) is -9.96. The number of unbranched alkanes of at least 4 members (excludes halogenated alkanes) is 40. The second-order valence-corrected chi connectivity index (χ2v) is 30.6. The predicted octanol–water partition coefficient (Wildman–Crippen LogP) is 24.0. The van der Waals surface area contributed by atoms with Crippen LogP contribution in [-0.4, -0.2) is 96.7 Å². The molecule has 19 heteroatoms. The third-order valence-corrected chi connectivity index (χ3v) is 19.6. The Morgan fingerprint density at radius 2 is 0.490 bits per heavy atom. The molecule has 0 saturated carbocycles. The summed E-state index contributed by atoms with van der Waals surface area (Å²) in [4.78, 5) is 73.0. The van der Waals surface area contributed by atoms with Crippen LogP contribution in [-0.2, 0) is 65.4 Å². The molecule has 0 fully saturated rings. The van der Waals surface area contributed by atoms with Crippen LogP contribution in [0.5, 0.6) is 0 Å². The molecule has 0 aliphatic rings. The Balaban J connectivity index is 5.38. The molecule has 0 aromatic heterocycles. The van der Waals surface area contributed by atoms with Gasteiger partial charge in [-0.15, -0.1) is 0 Å². The minimum Gasteiger partial charge on any atom is -0.462 e. The van der Waals surface area contributed by atoms with Crippen LogP contribution < -0.4 is 0 Å². The lowest BCUT2D eigenvalue weighted by molar-refractivity contribution is -0.161. The molecule has 0 aromatic rings. The SMILES string of the molecule is CCCCC/C=C\C/C=C\C/C=C\C/C=C\CCCC(=O)OC[C@H](COP(=O)(O)OC[C@@H](O)COP(=O)(O)OC[C@@H](COC(=O)CCCCCCC/C=C\C/C=C\CCCCC)OC(=O)CCCCCCCCCCCCCCCCC)OC(=O)CCCCCCCCCCCCCCCCC. The van der Waals surface area contributed by atoms with E-state index in [2.05, 4.69) is 88.5 Å². The van der Waals surface area contributed by atoms with Crippen molar-refractivity contribution in [3.05, 3.63) is 72.9 Å². The number of hydrogen-bond acceptors (Lipinski definition) is 15. The Morgan fingerprint density at radius 1 is 0.275 bits per heavy atom. The highest BCUT2D eigenvalue weighted by molar-refractivity contribution is 7.47. The first-order valence-electron chi connectivity index (χ1n) is 41.2. The lowest BCUT2D eigenvalue weighted by Gasteiger charge is -2.21. The first kappa shape index (κ1) is 98.5. The molecule has 3 N–H and O–H groups in total. The third kappa shape index (κ3) is 74.8. The second kappa shape index (κ2) is 75.7. The highest BCUT2D eigenvalue weighted by Crippen LogP contribution is 2.45. The van der Waals surface area contributed by atoms with Gasteiger partial charge < -0.3 is 33.8 Å². The fourth-order valence-electron chi connectivity index (χ4n) is 11.4. The van der Waals surface area contributed by atoms with Crippen LogP contribution in [0.2, 0.25) is 0 Å². The highest BCUT2D eigenvalue weighted by Gasteiger charge is 2.30. The number of ether oxygens (including phenoxy) is 4. The molecule has 2 unspecified atom stereocenters. The molecular weight excluding hydrogens is 1330 g/mol. The zero-order chi connectivity index (χ0) is 74.6. The molecule has 0 heterocycles. The number of esters is 4. The second-order valence-electron chi connectivity index (χ2n) is 27.7. The van der Waals surface area contributed by atoms with E-state index in [4.69, 9.17) is 37.0 Å². The Bertz CT molecular complexity index is 2210. The van der Waals surface area contributed by atoms with Crippen molar-refractivity contribution < 1.29 is 80.2 Å². The van der Waals surface area contributed by atoms with Gasteiger partial charge in [0, 0.05) is 25.7 Å². The van der Waals surface area contributed by atoms with E-state index in [0.717, 1.165) is 122 Å². The van der Waals surface area contributed by atoms with Crippen molar-refractivity contribution in [3.8, 4) is 0 Å². The highest BCUT2D eigenvalue weighted by atomic mass is 31.2. The van der Waals surface area contributed by atoms with E-state index >= 15 is 0 Å². The maximum atomic E-state index is 13.1. The molecule has 594 valence electrons. The largest absolute Gasteiger partial charge is 0.472 e. The summed E-state index contributed by atoms with van der Waals surface area (Å²) in [5, 5.41) is 10.6. The van der Waals surface area contributed by atoms with Gasteiger partial charge in [-0.05, 0) is 96.3 Å². The van der Waals surface area contributed by atoms with Crippen molar-refractivity contribution in [1.82, 2.24) is 0 Å². The lowest BCUT2D eigenvalue weighted by atomic mass is 10.0. The first-order valence-corrected chi connectivity index (χ1v) is 44.2. The van der Waals surface area contributed by atoms with Gasteiger partial charge in [-0.2, -0.15) is 0 Å². The van der Waals surface area contributed by atoms with Crippen LogP contribution >= 0.6 is 15.6 Å². The van der Waals surface area contributed by atoms with Crippen LogP contribution in [0.1, 0.15) is 374 Å². The number of phosphoric ester groups is 2. The van der Waals surface area contributed by atoms with E-state index in [1.807, 2.05) is 12.2 Å². The summed E-state index contributed by atoms with van der Waals surface area (Å²) in [5.41, 5.74) is 0. The van der Waals surface area contributed by atoms with Crippen molar-refractivity contribution >= 4 is 39.5 Å². The van der Waals surface area contributed by atoms with E-state index in [9.17, 15) is 43.2 Å². The van der Waals surface area contributed by atoms with Crippen molar-refractivity contribution in [2.75, 3.05) is 39.6 Å².